The van der Waals surface area contributed by atoms with E-state index in [4.69, 9.17) is 4.74 Å². The van der Waals surface area contributed by atoms with Crippen LogP contribution in [0.2, 0.25) is 0 Å². The van der Waals surface area contributed by atoms with Crippen LogP contribution >= 0.6 is 0 Å². The molecule has 0 aliphatic heterocycles. The molecular weight excluding hydrogens is 318 g/mol. The monoisotopic (exact) mass is 347 g/mol. The lowest BCUT2D eigenvalue weighted by Gasteiger charge is -2.13. The molecule has 136 valence electrons. The molecule has 26 heavy (non-hydrogen) atoms. The molecule has 0 saturated carbocycles. The van der Waals surface area contributed by atoms with Crippen molar-refractivity contribution < 1.29 is 4.74 Å². The predicted molar refractivity (Wildman–Crippen MR) is 113 cm³/mol. The van der Waals surface area contributed by atoms with Gasteiger partial charge in [0.25, 0.3) is 0 Å². The lowest BCUT2D eigenvalue weighted by molar-refractivity contribution is 0.332. The maximum absolute atomic E-state index is 6.24. The number of pyridine rings is 1. The van der Waals surface area contributed by atoms with Gasteiger partial charge in [0.15, 0.2) is 0 Å². The minimum absolute atomic E-state index is 0.744. The van der Waals surface area contributed by atoms with Crippen LogP contribution in [0.25, 0.3) is 5.57 Å². The summed E-state index contributed by atoms with van der Waals surface area (Å²) < 4.78 is 6.24. The van der Waals surface area contributed by atoms with Crippen molar-refractivity contribution in [2.45, 2.75) is 34.6 Å². The second-order valence-corrected chi connectivity index (χ2v) is 6.19. The molecule has 1 heterocycles. The Hall–Kier alpha value is -2.87. The first-order chi connectivity index (χ1) is 12.4. The first-order valence-electron chi connectivity index (χ1n) is 8.67. The minimum atomic E-state index is 0.744. The molecule has 0 aromatic carbocycles. The highest BCUT2D eigenvalue weighted by atomic mass is 16.5. The molecule has 1 rings (SSSR count). The number of aromatic nitrogens is 1. The van der Waals surface area contributed by atoms with E-state index in [1.807, 2.05) is 83.2 Å². The van der Waals surface area contributed by atoms with Gasteiger partial charge in [0, 0.05) is 6.20 Å². The maximum atomic E-state index is 6.24. The summed E-state index contributed by atoms with van der Waals surface area (Å²) in [5.74, 6) is 1.49. The van der Waals surface area contributed by atoms with E-state index in [1.54, 1.807) is 12.3 Å². The molecule has 0 saturated heterocycles. The molecule has 0 aliphatic carbocycles. The van der Waals surface area contributed by atoms with Crippen molar-refractivity contribution in [1.29, 1.82) is 0 Å². The van der Waals surface area contributed by atoms with Crippen LogP contribution in [-0.4, -0.2) is 4.98 Å². The second kappa shape index (κ2) is 10.9. The average molecular weight is 348 g/mol. The minimum Gasteiger partial charge on any atom is -0.457 e. The molecule has 0 N–H and O–H groups in total. The van der Waals surface area contributed by atoms with E-state index in [0.717, 1.165) is 39.5 Å². The third-order valence-electron chi connectivity index (χ3n) is 3.62. The van der Waals surface area contributed by atoms with E-state index in [1.165, 1.54) is 0 Å². The maximum Gasteiger partial charge on any atom is 0.130 e. The zero-order valence-electron chi connectivity index (χ0n) is 16.5. The SMILES string of the molecule is C=C/C=C\C(O/C(C=C(C)C)=C/C(=C\C)c1ccccn1)=C(/C)C(=C)C. The molecule has 2 nitrogen and oxygen atoms in total. The van der Waals surface area contributed by atoms with Gasteiger partial charge in [-0.25, -0.2) is 0 Å². The van der Waals surface area contributed by atoms with Crippen LogP contribution in [0.4, 0.5) is 0 Å². The summed E-state index contributed by atoms with van der Waals surface area (Å²) in [5, 5.41) is 0. The molecular formula is C24H29NO. The standard InChI is InChI=1S/C24H29NO/c1-8-10-14-24(20(7)19(5)6)26-22(16-18(3)4)17-21(9-2)23-13-11-12-15-25-23/h8-17H,1,5H2,2-4,6-7H3/b14-10-,21-9+,22-17+,24-20-. The lowest BCUT2D eigenvalue weighted by Crippen LogP contribution is -1.96. The number of hydrogen-bond acceptors (Lipinski definition) is 2. The fourth-order valence-corrected chi connectivity index (χ4v) is 2.11. The van der Waals surface area contributed by atoms with Crippen molar-refractivity contribution in [1.82, 2.24) is 4.98 Å². The largest absolute Gasteiger partial charge is 0.457 e. The zero-order chi connectivity index (χ0) is 19.5. The van der Waals surface area contributed by atoms with E-state index in [9.17, 15) is 0 Å². The number of hydrogen-bond donors (Lipinski definition) is 0. The van der Waals surface area contributed by atoms with Gasteiger partial charge in [-0.05, 0) is 76.1 Å². The molecule has 0 unspecified atom stereocenters. The molecule has 2 heteroatoms. The van der Waals surface area contributed by atoms with Crippen LogP contribution in [-0.2, 0) is 4.74 Å². The van der Waals surface area contributed by atoms with Crippen LogP contribution in [0.1, 0.15) is 40.3 Å². The van der Waals surface area contributed by atoms with Crippen LogP contribution < -0.4 is 0 Å². The molecule has 0 aliphatic rings. The molecule has 0 radical (unpaired) electrons. The Morgan fingerprint density at radius 1 is 1.12 bits per heavy atom. The van der Waals surface area contributed by atoms with Crippen molar-refractivity contribution in [2.24, 2.45) is 0 Å². The number of rotatable bonds is 8. The third kappa shape index (κ3) is 6.94. The van der Waals surface area contributed by atoms with Gasteiger partial charge in [-0.3, -0.25) is 4.98 Å². The van der Waals surface area contributed by atoms with Gasteiger partial charge in [0.2, 0.25) is 0 Å². The van der Waals surface area contributed by atoms with Crippen molar-refractivity contribution in [3.05, 3.63) is 108 Å². The Morgan fingerprint density at radius 2 is 1.85 bits per heavy atom. The highest BCUT2D eigenvalue weighted by Gasteiger charge is 2.07. The summed E-state index contributed by atoms with van der Waals surface area (Å²) in [5.41, 5.74) is 5.00. The lowest BCUT2D eigenvalue weighted by atomic mass is 10.1. The fraction of sp³-hybridized carbons (Fsp3) is 0.208. The summed E-state index contributed by atoms with van der Waals surface area (Å²) in [6, 6.07) is 5.87. The topological polar surface area (TPSA) is 22.1 Å². The molecule has 0 amide bonds. The molecule has 0 atom stereocenters. The molecule has 1 aromatic rings. The van der Waals surface area contributed by atoms with Crippen LogP contribution in [0.5, 0.6) is 0 Å². The Kier molecular flexibility index (Phi) is 8.86. The van der Waals surface area contributed by atoms with Gasteiger partial charge in [0.1, 0.15) is 11.5 Å². The molecule has 0 fully saturated rings. The third-order valence-corrected chi connectivity index (χ3v) is 3.62. The summed E-state index contributed by atoms with van der Waals surface area (Å²) in [4.78, 5) is 4.43. The van der Waals surface area contributed by atoms with Crippen LogP contribution in [0.15, 0.2) is 102 Å². The van der Waals surface area contributed by atoms with E-state index >= 15 is 0 Å². The van der Waals surface area contributed by atoms with E-state index in [0.29, 0.717) is 0 Å². The normalized spacial score (nSPS) is 13.3. The average Bonchev–Trinajstić information content (AvgIpc) is 2.62. The highest BCUT2D eigenvalue weighted by molar-refractivity contribution is 5.72. The summed E-state index contributed by atoms with van der Waals surface area (Å²) in [6.45, 7) is 17.8. The first kappa shape index (κ1) is 21.2. The number of allylic oxidation sites excluding steroid dienone is 10. The Balaban J connectivity index is 3.38. The van der Waals surface area contributed by atoms with Crippen molar-refractivity contribution >= 4 is 5.57 Å². The number of nitrogens with zero attached hydrogens (tertiary/aromatic N) is 1. The van der Waals surface area contributed by atoms with Crippen LogP contribution in [0.3, 0.4) is 0 Å². The van der Waals surface area contributed by atoms with Crippen LogP contribution in [0, 0.1) is 0 Å². The first-order valence-corrected chi connectivity index (χ1v) is 8.67. The summed E-state index contributed by atoms with van der Waals surface area (Å²) in [7, 11) is 0. The van der Waals surface area contributed by atoms with Crippen molar-refractivity contribution in [3.63, 3.8) is 0 Å². The Morgan fingerprint density at radius 3 is 2.35 bits per heavy atom. The molecule has 0 bridgehead atoms. The summed E-state index contributed by atoms with van der Waals surface area (Å²) in [6.07, 6.45) is 13.3. The Bertz CT molecular complexity index is 783. The Labute approximate surface area is 158 Å². The van der Waals surface area contributed by atoms with Crippen molar-refractivity contribution in [2.75, 3.05) is 0 Å². The van der Waals surface area contributed by atoms with Gasteiger partial charge in [0.05, 0.1) is 5.69 Å². The van der Waals surface area contributed by atoms with Gasteiger partial charge >= 0.3 is 0 Å². The molecule has 1 aromatic heterocycles. The quantitative estimate of drug-likeness (QED) is 0.375. The predicted octanol–water partition coefficient (Wildman–Crippen LogP) is 6.94. The van der Waals surface area contributed by atoms with Gasteiger partial charge < -0.3 is 4.74 Å². The van der Waals surface area contributed by atoms with E-state index < -0.39 is 0 Å². The van der Waals surface area contributed by atoms with E-state index in [2.05, 4.69) is 18.1 Å². The van der Waals surface area contributed by atoms with Gasteiger partial charge in [-0.1, -0.05) is 48.6 Å². The molecule has 0 spiro atoms. The van der Waals surface area contributed by atoms with Gasteiger partial charge in [-0.2, -0.15) is 0 Å². The summed E-state index contributed by atoms with van der Waals surface area (Å²) >= 11 is 0. The number of ether oxygens (including phenoxy) is 1. The van der Waals surface area contributed by atoms with E-state index in [-0.39, 0.29) is 0 Å². The van der Waals surface area contributed by atoms with Crippen molar-refractivity contribution in [3.8, 4) is 0 Å². The fourth-order valence-electron chi connectivity index (χ4n) is 2.11. The highest BCUT2D eigenvalue weighted by Crippen LogP contribution is 2.23. The van der Waals surface area contributed by atoms with Gasteiger partial charge in [-0.15, -0.1) is 0 Å². The smallest absolute Gasteiger partial charge is 0.130 e. The zero-order valence-corrected chi connectivity index (χ0v) is 16.5. The second-order valence-electron chi connectivity index (χ2n) is 6.19.